The number of amides is 1. The quantitative estimate of drug-likeness (QED) is 0.382. The molecule has 5 aromatic rings. The zero-order valence-electron chi connectivity index (χ0n) is 19.4. The van der Waals surface area contributed by atoms with Gasteiger partial charge in [-0.15, -0.1) is 0 Å². The summed E-state index contributed by atoms with van der Waals surface area (Å²) in [5.74, 6) is 0.229. The van der Waals surface area contributed by atoms with E-state index in [1.165, 1.54) is 0 Å². The average molecular weight is 500 g/mol. The third kappa shape index (κ3) is 3.59. The number of fused-ring (bicyclic) bond motifs is 4. The van der Waals surface area contributed by atoms with Crippen LogP contribution < -0.4 is 10.9 Å². The second-order valence-corrected chi connectivity index (χ2v) is 9.51. The van der Waals surface area contributed by atoms with Crippen molar-refractivity contribution in [1.29, 1.82) is 0 Å². The number of halogens is 1. The van der Waals surface area contributed by atoms with Crippen molar-refractivity contribution < 1.29 is 14.4 Å². The van der Waals surface area contributed by atoms with Gasteiger partial charge in [-0.05, 0) is 47.9 Å². The van der Waals surface area contributed by atoms with Crippen molar-refractivity contribution in [3.8, 4) is 5.69 Å². The molecule has 2 unspecified atom stereocenters. The van der Waals surface area contributed by atoms with Crippen LogP contribution in [0, 0.1) is 6.92 Å². The Bertz CT molecular complexity index is 1710. The molecule has 1 amide bonds. The fourth-order valence-electron chi connectivity index (χ4n) is 5.13. The summed E-state index contributed by atoms with van der Waals surface area (Å²) in [4.78, 5) is 26.5. The molecular formula is C28H22ClN3O4. The minimum absolute atomic E-state index is 0.181. The molecule has 0 fully saturated rings. The predicted molar refractivity (Wildman–Crippen MR) is 138 cm³/mol. The highest BCUT2D eigenvalue weighted by Crippen LogP contribution is 2.35. The number of carbonyl (C=O) groups is 1. The summed E-state index contributed by atoms with van der Waals surface area (Å²) >= 11 is 6.54. The highest BCUT2D eigenvalue weighted by molar-refractivity contribution is 6.37. The second-order valence-electron chi connectivity index (χ2n) is 9.10. The number of aromatic nitrogens is 2. The first-order valence-electron chi connectivity index (χ1n) is 11.7. The van der Waals surface area contributed by atoms with Crippen molar-refractivity contribution in [2.45, 2.75) is 31.9 Å². The van der Waals surface area contributed by atoms with Crippen molar-refractivity contribution in [2.75, 3.05) is 0 Å². The SMILES string of the molecule is Cc1onc2c1c(=O)n(-c1ccc3c(c1)C(NC(=O)Cc1ccccc1)C(O)C3)c1cccc(Cl)c21. The highest BCUT2D eigenvalue weighted by atomic mass is 35.5. The number of aryl methyl sites for hydroxylation is 1. The molecule has 8 heteroatoms. The minimum atomic E-state index is -0.763. The third-order valence-corrected chi connectivity index (χ3v) is 7.12. The molecule has 3 aromatic carbocycles. The van der Waals surface area contributed by atoms with Gasteiger partial charge in [0.1, 0.15) is 16.7 Å². The number of aliphatic hydroxyl groups excluding tert-OH is 1. The number of nitrogens with zero attached hydrogens (tertiary/aromatic N) is 2. The fraction of sp³-hybridized carbons (Fsp3) is 0.179. The topological polar surface area (TPSA) is 97.4 Å². The van der Waals surface area contributed by atoms with E-state index in [9.17, 15) is 14.7 Å². The standard InChI is InChI=1S/C28H22ClN3O4/c1-15-24-27(31-36-15)25-20(29)8-5-9-21(25)32(28(24)35)18-11-10-17-13-22(33)26(19(17)14-18)30-23(34)12-16-6-3-2-4-7-16/h2-11,14,22,26,33H,12-13H2,1H3,(H,30,34). The number of hydrogen-bond acceptors (Lipinski definition) is 5. The maximum absolute atomic E-state index is 13.7. The summed E-state index contributed by atoms with van der Waals surface area (Å²) in [5, 5.41) is 19.3. The Morgan fingerprint density at radius 3 is 2.75 bits per heavy atom. The molecule has 0 aliphatic heterocycles. The molecular weight excluding hydrogens is 478 g/mol. The second kappa shape index (κ2) is 8.62. The molecule has 1 aliphatic rings. The average Bonchev–Trinajstić information content (AvgIpc) is 3.39. The highest BCUT2D eigenvalue weighted by Gasteiger charge is 2.33. The maximum atomic E-state index is 13.7. The van der Waals surface area contributed by atoms with Crippen molar-refractivity contribution in [3.05, 3.63) is 105 Å². The number of pyridine rings is 1. The van der Waals surface area contributed by atoms with Crippen LogP contribution in [0.4, 0.5) is 0 Å². The van der Waals surface area contributed by atoms with E-state index in [0.29, 0.717) is 44.7 Å². The van der Waals surface area contributed by atoms with Gasteiger partial charge in [0.25, 0.3) is 5.56 Å². The Morgan fingerprint density at radius 1 is 1.14 bits per heavy atom. The van der Waals surface area contributed by atoms with Crippen LogP contribution in [0.1, 0.15) is 28.5 Å². The molecule has 0 bridgehead atoms. The van der Waals surface area contributed by atoms with Crippen LogP contribution >= 0.6 is 11.6 Å². The summed E-state index contributed by atoms with van der Waals surface area (Å²) in [7, 11) is 0. The number of carbonyl (C=O) groups excluding carboxylic acids is 1. The van der Waals surface area contributed by atoms with E-state index < -0.39 is 12.1 Å². The molecule has 36 heavy (non-hydrogen) atoms. The number of benzene rings is 3. The van der Waals surface area contributed by atoms with Gasteiger partial charge in [0.05, 0.1) is 29.1 Å². The smallest absolute Gasteiger partial charge is 0.268 e. The number of nitrogens with one attached hydrogen (secondary N) is 1. The van der Waals surface area contributed by atoms with Crippen molar-refractivity contribution >= 4 is 39.3 Å². The molecule has 2 heterocycles. The Morgan fingerprint density at radius 2 is 1.94 bits per heavy atom. The lowest BCUT2D eigenvalue weighted by molar-refractivity contribution is -0.121. The largest absolute Gasteiger partial charge is 0.390 e. The molecule has 180 valence electrons. The lowest BCUT2D eigenvalue weighted by Gasteiger charge is -2.19. The fourth-order valence-corrected chi connectivity index (χ4v) is 5.39. The van der Waals surface area contributed by atoms with Gasteiger partial charge in [0.2, 0.25) is 5.91 Å². The van der Waals surface area contributed by atoms with Crippen molar-refractivity contribution in [3.63, 3.8) is 0 Å². The van der Waals surface area contributed by atoms with Gasteiger partial charge in [0.15, 0.2) is 0 Å². The summed E-state index contributed by atoms with van der Waals surface area (Å²) in [6, 6.07) is 19.8. The first-order chi connectivity index (χ1) is 17.4. The molecule has 1 aliphatic carbocycles. The molecule has 0 spiro atoms. The zero-order chi connectivity index (χ0) is 25.0. The van der Waals surface area contributed by atoms with Gasteiger partial charge in [-0.2, -0.15) is 0 Å². The van der Waals surface area contributed by atoms with Crippen LogP contribution in [0.5, 0.6) is 0 Å². The Labute approximate surface area is 210 Å². The van der Waals surface area contributed by atoms with E-state index in [4.69, 9.17) is 16.1 Å². The number of hydrogen-bond donors (Lipinski definition) is 2. The van der Waals surface area contributed by atoms with E-state index >= 15 is 0 Å². The monoisotopic (exact) mass is 499 g/mol. The predicted octanol–water partition coefficient (Wildman–Crippen LogP) is 4.41. The summed E-state index contributed by atoms with van der Waals surface area (Å²) in [6.45, 7) is 1.70. The van der Waals surface area contributed by atoms with Crippen LogP contribution in [0.25, 0.3) is 27.5 Å². The lowest BCUT2D eigenvalue weighted by Crippen LogP contribution is -2.34. The van der Waals surface area contributed by atoms with Crippen LogP contribution in [0.2, 0.25) is 5.02 Å². The molecule has 2 N–H and O–H groups in total. The molecule has 7 nitrogen and oxygen atoms in total. The first-order valence-corrected chi connectivity index (χ1v) is 12.0. The van der Waals surface area contributed by atoms with Crippen LogP contribution in [-0.2, 0) is 17.6 Å². The zero-order valence-corrected chi connectivity index (χ0v) is 20.1. The van der Waals surface area contributed by atoms with Gasteiger partial charge < -0.3 is 14.9 Å². The van der Waals surface area contributed by atoms with Gasteiger partial charge in [0, 0.05) is 17.5 Å². The van der Waals surface area contributed by atoms with Gasteiger partial charge >= 0.3 is 0 Å². The maximum Gasteiger partial charge on any atom is 0.268 e. The first kappa shape index (κ1) is 22.5. The molecule has 0 radical (unpaired) electrons. The summed E-state index contributed by atoms with van der Waals surface area (Å²) < 4.78 is 6.93. The van der Waals surface area contributed by atoms with Crippen molar-refractivity contribution in [2.24, 2.45) is 0 Å². The third-order valence-electron chi connectivity index (χ3n) is 6.81. The lowest BCUT2D eigenvalue weighted by atomic mass is 10.0. The number of rotatable bonds is 4. The van der Waals surface area contributed by atoms with E-state index in [0.717, 1.165) is 16.7 Å². The Balaban J connectivity index is 1.46. The number of aliphatic hydroxyl groups is 1. The van der Waals surface area contributed by atoms with Crippen LogP contribution in [-0.4, -0.2) is 26.8 Å². The van der Waals surface area contributed by atoms with Crippen LogP contribution in [0.15, 0.2) is 76.0 Å². The minimum Gasteiger partial charge on any atom is -0.390 e. The molecule has 0 saturated heterocycles. The van der Waals surface area contributed by atoms with E-state index in [-0.39, 0.29) is 17.9 Å². The molecule has 2 aromatic heterocycles. The van der Waals surface area contributed by atoms with E-state index in [1.807, 2.05) is 54.6 Å². The Kier molecular flexibility index (Phi) is 5.39. The van der Waals surface area contributed by atoms with Gasteiger partial charge in [-0.1, -0.05) is 59.2 Å². The van der Waals surface area contributed by atoms with Gasteiger partial charge in [-0.25, -0.2) is 0 Å². The molecule has 2 atom stereocenters. The normalized spacial score (nSPS) is 17.0. The molecule has 6 rings (SSSR count). The molecule has 0 saturated carbocycles. The van der Waals surface area contributed by atoms with Crippen molar-refractivity contribution in [1.82, 2.24) is 15.0 Å². The van der Waals surface area contributed by atoms with E-state index in [2.05, 4.69) is 10.5 Å². The van der Waals surface area contributed by atoms with E-state index in [1.54, 1.807) is 23.6 Å². The van der Waals surface area contributed by atoms with Gasteiger partial charge in [-0.3, -0.25) is 14.2 Å². The Hall–Kier alpha value is -3.94. The summed E-state index contributed by atoms with van der Waals surface area (Å²) in [5.41, 5.74) is 3.95. The van der Waals surface area contributed by atoms with Crippen LogP contribution in [0.3, 0.4) is 0 Å². The summed E-state index contributed by atoms with van der Waals surface area (Å²) in [6.07, 6.45) is -0.136.